The summed E-state index contributed by atoms with van der Waals surface area (Å²) in [6.45, 7) is 1.46. The van der Waals surface area contributed by atoms with Crippen LogP contribution in [0.1, 0.15) is 16.1 Å². The summed E-state index contributed by atoms with van der Waals surface area (Å²) in [5, 5.41) is 10.2. The van der Waals surface area contributed by atoms with Gasteiger partial charge < -0.3 is 16.0 Å². The standard InChI is InChI=1S/C11H17N3O2S.ClH/c1-12-8-10(15)13-5-3-6-14-11(16)9-4-2-7-17-9;/h2,4,7,12H,3,5-6,8H2,1H3,(H,13,15)(H,14,16);1H. The molecule has 1 aromatic heterocycles. The molecule has 0 bridgehead atoms. The fourth-order valence-electron chi connectivity index (χ4n) is 1.24. The summed E-state index contributed by atoms with van der Waals surface area (Å²) in [4.78, 5) is 23.3. The summed E-state index contributed by atoms with van der Waals surface area (Å²) >= 11 is 1.42. The zero-order chi connectivity index (χ0) is 12.5. The predicted octanol–water partition coefficient (Wildman–Crippen LogP) is 0.625. The smallest absolute Gasteiger partial charge is 0.261 e. The normalized spacial score (nSPS) is 9.39. The van der Waals surface area contributed by atoms with Crippen LogP contribution in [0.5, 0.6) is 0 Å². The van der Waals surface area contributed by atoms with Gasteiger partial charge in [0.05, 0.1) is 11.4 Å². The van der Waals surface area contributed by atoms with Gasteiger partial charge in [0, 0.05) is 13.1 Å². The minimum atomic E-state index is -0.0541. The van der Waals surface area contributed by atoms with Gasteiger partial charge in [-0.25, -0.2) is 0 Å². The van der Waals surface area contributed by atoms with E-state index in [2.05, 4.69) is 16.0 Å². The van der Waals surface area contributed by atoms with Crippen LogP contribution in [-0.2, 0) is 4.79 Å². The van der Waals surface area contributed by atoms with Crippen molar-refractivity contribution in [1.29, 1.82) is 0 Å². The van der Waals surface area contributed by atoms with Crippen LogP contribution in [0, 0.1) is 0 Å². The molecule has 0 fully saturated rings. The third-order valence-electron chi connectivity index (χ3n) is 2.04. The van der Waals surface area contributed by atoms with Crippen molar-refractivity contribution < 1.29 is 9.59 Å². The van der Waals surface area contributed by atoms with Gasteiger partial charge in [0.15, 0.2) is 0 Å². The van der Waals surface area contributed by atoms with E-state index in [4.69, 9.17) is 0 Å². The summed E-state index contributed by atoms with van der Waals surface area (Å²) in [7, 11) is 1.72. The lowest BCUT2D eigenvalue weighted by Gasteiger charge is -2.05. The van der Waals surface area contributed by atoms with Gasteiger partial charge >= 0.3 is 0 Å². The fourth-order valence-corrected chi connectivity index (χ4v) is 1.88. The molecular formula is C11H18ClN3O2S. The van der Waals surface area contributed by atoms with Gasteiger partial charge in [-0.05, 0) is 24.9 Å². The van der Waals surface area contributed by atoms with E-state index in [1.54, 1.807) is 13.1 Å². The highest BCUT2D eigenvalue weighted by Gasteiger charge is 2.04. The molecule has 2 amide bonds. The van der Waals surface area contributed by atoms with Crippen LogP contribution in [0.2, 0.25) is 0 Å². The average molecular weight is 292 g/mol. The molecule has 0 aliphatic heterocycles. The molecule has 0 radical (unpaired) electrons. The molecule has 0 unspecified atom stereocenters. The molecule has 0 saturated carbocycles. The van der Waals surface area contributed by atoms with Crippen LogP contribution in [-0.4, -0.2) is 38.5 Å². The van der Waals surface area contributed by atoms with Crippen LogP contribution in [0.4, 0.5) is 0 Å². The summed E-state index contributed by atoms with van der Waals surface area (Å²) in [5.41, 5.74) is 0. The number of hydrogen-bond acceptors (Lipinski definition) is 4. The van der Waals surface area contributed by atoms with Crippen molar-refractivity contribution in [3.05, 3.63) is 22.4 Å². The van der Waals surface area contributed by atoms with Gasteiger partial charge in [-0.3, -0.25) is 9.59 Å². The van der Waals surface area contributed by atoms with E-state index in [9.17, 15) is 9.59 Å². The van der Waals surface area contributed by atoms with E-state index in [-0.39, 0.29) is 24.2 Å². The topological polar surface area (TPSA) is 70.2 Å². The number of thiophene rings is 1. The maximum Gasteiger partial charge on any atom is 0.261 e. The first kappa shape index (κ1) is 16.9. The van der Waals surface area contributed by atoms with E-state index in [0.29, 0.717) is 24.5 Å². The highest BCUT2D eigenvalue weighted by Crippen LogP contribution is 2.07. The van der Waals surface area contributed by atoms with Gasteiger partial charge in [-0.2, -0.15) is 0 Å². The average Bonchev–Trinajstić information content (AvgIpc) is 2.82. The second-order valence-corrected chi connectivity index (χ2v) is 4.41. The highest BCUT2D eigenvalue weighted by molar-refractivity contribution is 7.12. The number of carbonyl (C=O) groups is 2. The molecule has 0 aliphatic rings. The maximum absolute atomic E-state index is 11.5. The first-order chi connectivity index (χ1) is 8.24. The number of halogens is 1. The second kappa shape index (κ2) is 9.87. The van der Waals surface area contributed by atoms with Crippen LogP contribution in [0.15, 0.2) is 17.5 Å². The van der Waals surface area contributed by atoms with Gasteiger partial charge in [0.25, 0.3) is 5.91 Å². The van der Waals surface area contributed by atoms with Gasteiger partial charge in [0.2, 0.25) is 5.91 Å². The van der Waals surface area contributed by atoms with Crippen molar-refractivity contribution in [2.24, 2.45) is 0 Å². The van der Waals surface area contributed by atoms with Crippen LogP contribution < -0.4 is 16.0 Å². The molecule has 5 nitrogen and oxygen atoms in total. The molecule has 1 rings (SSSR count). The zero-order valence-corrected chi connectivity index (χ0v) is 11.8. The minimum absolute atomic E-state index is 0. The Morgan fingerprint density at radius 2 is 2.00 bits per heavy atom. The molecule has 0 spiro atoms. The molecule has 102 valence electrons. The minimum Gasteiger partial charge on any atom is -0.355 e. The molecule has 0 saturated heterocycles. The van der Waals surface area contributed by atoms with Crippen molar-refractivity contribution in [3.8, 4) is 0 Å². The number of rotatable bonds is 7. The van der Waals surface area contributed by atoms with Crippen molar-refractivity contribution >= 4 is 35.6 Å². The summed E-state index contributed by atoms with van der Waals surface area (Å²) in [6.07, 6.45) is 0.729. The molecule has 18 heavy (non-hydrogen) atoms. The Morgan fingerprint density at radius 1 is 1.28 bits per heavy atom. The number of nitrogens with one attached hydrogen (secondary N) is 3. The third-order valence-corrected chi connectivity index (χ3v) is 2.91. The summed E-state index contributed by atoms with van der Waals surface area (Å²) in [5.74, 6) is -0.0846. The number of hydrogen-bond donors (Lipinski definition) is 3. The van der Waals surface area contributed by atoms with Crippen LogP contribution >= 0.6 is 23.7 Å². The lowest BCUT2D eigenvalue weighted by atomic mass is 10.4. The zero-order valence-electron chi connectivity index (χ0n) is 10.2. The Balaban J connectivity index is 0.00000289. The Morgan fingerprint density at radius 3 is 2.61 bits per heavy atom. The van der Waals surface area contributed by atoms with Gasteiger partial charge in [-0.15, -0.1) is 23.7 Å². The Labute approximate surface area is 117 Å². The quantitative estimate of drug-likeness (QED) is 0.645. The lowest BCUT2D eigenvalue weighted by molar-refractivity contribution is -0.120. The fraction of sp³-hybridized carbons (Fsp3) is 0.455. The van der Waals surface area contributed by atoms with Crippen LogP contribution in [0.25, 0.3) is 0 Å². The lowest BCUT2D eigenvalue weighted by Crippen LogP contribution is -2.34. The molecule has 1 heterocycles. The van der Waals surface area contributed by atoms with Crippen molar-refractivity contribution in [1.82, 2.24) is 16.0 Å². The van der Waals surface area contributed by atoms with Gasteiger partial charge in [-0.1, -0.05) is 6.07 Å². The van der Waals surface area contributed by atoms with E-state index in [1.165, 1.54) is 11.3 Å². The molecule has 1 aromatic rings. The van der Waals surface area contributed by atoms with E-state index in [1.807, 2.05) is 11.4 Å². The monoisotopic (exact) mass is 291 g/mol. The SMILES string of the molecule is CNCC(=O)NCCCNC(=O)c1cccs1.Cl. The van der Waals surface area contributed by atoms with E-state index < -0.39 is 0 Å². The molecule has 0 atom stereocenters. The number of carbonyl (C=O) groups excluding carboxylic acids is 2. The summed E-state index contributed by atoms with van der Waals surface area (Å²) in [6, 6.07) is 3.63. The molecule has 0 aliphatic carbocycles. The van der Waals surface area contributed by atoms with Gasteiger partial charge in [0.1, 0.15) is 0 Å². The first-order valence-corrected chi connectivity index (χ1v) is 6.35. The second-order valence-electron chi connectivity index (χ2n) is 3.47. The maximum atomic E-state index is 11.5. The van der Waals surface area contributed by atoms with Crippen LogP contribution in [0.3, 0.4) is 0 Å². The summed E-state index contributed by atoms with van der Waals surface area (Å²) < 4.78 is 0. The van der Waals surface area contributed by atoms with Crippen molar-refractivity contribution in [2.75, 3.05) is 26.7 Å². The van der Waals surface area contributed by atoms with Crippen molar-refractivity contribution in [2.45, 2.75) is 6.42 Å². The molecule has 3 N–H and O–H groups in total. The molecule has 7 heteroatoms. The number of likely N-dealkylation sites (N-methyl/N-ethyl adjacent to an activating group) is 1. The first-order valence-electron chi connectivity index (χ1n) is 5.47. The Bertz CT molecular complexity index is 357. The van der Waals surface area contributed by atoms with E-state index >= 15 is 0 Å². The Hall–Kier alpha value is -1.11. The predicted molar refractivity (Wildman–Crippen MR) is 75.5 cm³/mol. The molecule has 0 aromatic carbocycles. The van der Waals surface area contributed by atoms with E-state index in [0.717, 1.165) is 6.42 Å². The third kappa shape index (κ3) is 6.58. The highest BCUT2D eigenvalue weighted by atomic mass is 35.5. The number of amides is 2. The molecular weight excluding hydrogens is 274 g/mol. The Kier molecular flexibility index (Phi) is 9.26. The van der Waals surface area contributed by atoms with Crippen molar-refractivity contribution in [3.63, 3.8) is 0 Å². The largest absolute Gasteiger partial charge is 0.355 e.